The minimum Gasteiger partial charge on any atom is -0.355 e. The summed E-state index contributed by atoms with van der Waals surface area (Å²) < 4.78 is 0. The number of carbonyl (C=O) groups is 1. The highest BCUT2D eigenvalue weighted by atomic mass is 16.2. The average molecular weight is 227 g/mol. The Morgan fingerprint density at radius 2 is 2.38 bits per heavy atom. The van der Waals surface area contributed by atoms with Gasteiger partial charge in [0.1, 0.15) is 0 Å². The molecule has 2 unspecified atom stereocenters. The van der Waals surface area contributed by atoms with E-state index in [9.17, 15) is 4.79 Å². The molecule has 1 aliphatic rings. The summed E-state index contributed by atoms with van der Waals surface area (Å²) >= 11 is 0. The van der Waals surface area contributed by atoms with Crippen LogP contribution in [0.3, 0.4) is 0 Å². The molecule has 4 heteroatoms. The molecule has 0 radical (unpaired) electrons. The maximum atomic E-state index is 11.7. The first-order valence-corrected chi connectivity index (χ1v) is 6.33. The molecule has 1 aliphatic heterocycles. The van der Waals surface area contributed by atoms with Crippen molar-refractivity contribution in [3.8, 4) is 0 Å². The van der Waals surface area contributed by atoms with Crippen molar-refractivity contribution in [3.05, 3.63) is 0 Å². The number of amides is 1. The average Bonchev–Trinajstić information content (AvgIpc) is 2.29. The van der Waals surface area contributed by atoms with Crippen LogP contribution in [0.15, 0.2) is 0 Å². The van der Waals surface area contributed by atoms with Crippen LogP contribution in [0.4, 0.5) is 0 Å². The SMILES string of the molecule is CCNC(=O)C(C)N(C)CC1CCCNC1. The molecule has 2 atom stereocenters. The van der Waals surface area contributed by atoms with E-state index in [2.05, 4.69) is 15.5 Å². The van der Waals surface area contributed by atoms with Gasteiger partial charge in [-0.15, -0.1) is 0 Å². The van der Waals surface area contributed by atoms with Gasteiger partial charge in [-0.3, -0.25) is 9.69 Å². The normalized spacial score (nSPS) is 23.1. The van der Waals surface area contributed by atoms with Gasteiger partial charge in [0.25, 0.3) is 0 Å². The van der Waals surface area contributed by atoms with Gasteiger partial charge in [0.2, 0.25) is 5.91 Å². The Morgan fingerprint density at radius 3 is 2.94 bits per heavy atom. The number of carbonyl (C=O) groups excluding carboxylic acids is 1. The number of nitrogens with zero attached hydrogens (tertiary/aromatic N) is 1. The third-order valence-corrected chi connectivity index (χ3v) is 3.34. The zero-order valence-corrected chi connectivity index (χ0v) is 10.8. The van der Waals surface area contributed by atoms with Gasteiger partial charge in [-0.05, 0) is 52.7 Å². The zero-order chi connectivity index (χ0) is 12.0. The lowest BCUT2D eigenvalue weighted by Gasteiger charge is -2.30. The van der Waals surface area contributed by atoms with E-state index in [0.29, 0.717) is 12.5 Å². The zero-order valence-electron chi connectivity index (χ0n) is 10.8. The largest absolute Gasteiger partial charge is 0.355 e. The summed E-state index contributed by atoms with van der Waals surface area (Å²) in [6.07, 6.45) is 2.54. The highest BCUT2D eigenvalue weighted by molar-refractivity contribution is 5.81. The van der Waals surface area contributed by atoms with Crippen LogP contribution in [0, 0.1) is 5.92 Å². The molecule has 0 aromatic rings. The molecule has 1 saturated heterocycles. The van der Waals surface area contributed by atoms with Gasteiger partial charge >= 0.3 is 0 Å². The molecule has 1 amide bonds. The molecular weight excluding hydrogens is 202 g/mol. The number of hydrogen-bond donors (Lipinski definition) is 2. The molecule has 1 heterocycles. The van der Waals surface area contributed by atoms with Crippen LogP contribution in [-0.4, -0.2) is 50.1 Å². The molecule has 0 spiro atoms. The minimum atomic E-state index is -0.0260. The maximum absolute atomic E-state index is 11.7. The molecule has 2 N–H and O–H groups in total. The van der Waals surface area contributed by atoms with Crippen molar-refractivity contribution in [3.63, 3.8) is 0 Å². The number of rotatable bonds is 5. The van der Waals surface area contributed by atoms with Crippen molar-refractivity contribution in [2.75, 3.05) is 33.2 Å². The van der Waals surface area contributed by atoms with Crippen molar-refractivity contribution < 1.29 is 4.79 Å². The molecule has 0 saturated carbocycles. The van der Waals surface area contributed by atoms with Crippen LogP contribution in [0.2, 0.25) is 0 Å². The first-order chi connectivity index (χ1) is 7.65. The Morgan fingerprint density at radius 1 is 1.62 bits per heavy atom. The smallest absolute Gasteiger partial charge is 0.237 e. The van der Waals surface area contributed by atoms with Crippen LogP contribution in [-0.2, 0) is 4.79 Å². The summed E-state index contributed by atoms with van der Waals surface area (Å²) in [5.41, 5.74) is 0. The first kappa shape index (κ1) is 13.5. The van der Waals surface area contributed by atoms with Gasteiger partial charge in [0.15, 0.2) is 0 Å². The lowest BCUT2D eigenvalue weighted by Crippen LogP contribution is -2.46. The summed E-state index contributed by atoms with van der Waals surface area (Å²) in [6, 6.07) is -0.0260. The van der Waals surface area contributed by atoms with E-state index in [1.807, 2.05) is 20.9 Å². The lowest BCUT2D eigenvalue weighted by atomic mass is 9.99. The Balaban J connectivity index is 2.32. The summed E-state index contributed by atoms with van der Waals surface area (Å²) in [5.74, 6) is 0.824. The van der Waals surface area contributed by atoms with Crippen LogP contribution >= 0.6 is 0 Å². The fourth-order valence-corrected chi connectivity index (χ4v) is 2.17. The molecule has 16 heavy (non-hydrogen) atoms. The van der Waals surface area contributed by atoms with Crippen molar-refractivity contribution >= 4 is 5.91 Å². The van der Waals surface area contributed by atoms with Gasteiger partial charge in [0.05, 0.1) is 6.04 Å². The number of piperidine rings is 1. The van der Waals surface area contributed by atoms with Gasteiger partial charge < -0.3 is 10.6 Å². The summed E-state index contributed by atoms with van der Waals surface area (Å²) in [4.78, 5) is 13.8. The van der Waals surface area contributed by atoms with Crippen LogP contribution < -0.4 is 10.6 Å². The standard InChI is InChI=1S/C12H25N3O/c1-4-14-12(16)10(2)15(3)9-11-6-5-7-13-8-11/h10-11,13H,4-9H2,1-3H3,(H,14,16). The van der Waals surface area contributed by atoms with Crippen molar-refractivity contribution in [1.29, 1.82) is 0 Å². The predicted molar refractivity (Wildman–Crippen MR) is 66.4 cm³/mol. The molecule has 0 aromatic heterocycles. The first-order valence-electron chi connectivity index (χ1n) is 6.33. The number of hydrogen-bond acceptors (Lipinski definition) is 3. The van der Waals surface area contributed by atoms with Crippen molar-refractivity contribution in [2.45, 2.75) is 32.7 Å². The fraction of sp³-hybridized carbons (Fsp3) is 0.917. The quantitative estimate of drug-likeness (QED) is 0.716. The second-order valence-electron chi connectivity index (χ2n) is 4.72. The highest BCUT2D eigenvalue weighted by Gasteiger charge is 2.21. The minimum absolute atomic E-state index is 0.0260. The maximum Gasteiger partial charge on any atom is 0.237 e. The number of likely N-dealkylation sites (N-methyl/N-ethyl adjacent to an activating group) is 2. The van der Waals surface area contributed by atoms with E-state index < -0.39 is 0 Å². The second kappa shape index (κ2) is 6.86. The Labute approximate surface area is 98.8 Å². The van der Waals surface area contributed by atoms with E-state index in [0.717, 1.165) is 19.6 Å². The molecule has 94 valence electrons. The topological polar surface area (TPSA) is 44.4 Å². The Hall–Kier alpha value is -0.610. The summed E-state index contributed by atoms with van der Waals surface area (Å²) in [7, 11) is 2.04. The highest BCUT2D eigenvalue weighted by Crippen LogP contribution is 2.12. The second-order valence-corrected chi connectivity index (χ2v) is 4.72. The molecule has 0 aromatic carbocycles. The molecule has 0 bridgehead atoms. The lowest BCUT2D eigenvalue weighted by molar-refractivity contribution is -0.125. The Kier molecular flexibility index (Phi) is 5.77. The van der Waals surface area contributed by atoms with E-state index in [-0.39, 0.29) is 11.9 Å². The van der Waals surface area contributed by atoms with E-state index in [1.54, 1.807) is 0 Å². The van der Waals surface area contributed by atoms with Gasteiger partial charge in [-0.1, -0.05) is 0 Å². The van der Waals surface area contributed by atoms with Crippen molar-refractivity contribution in [2.24, 2.45) is 5.92 Å². The van der Waals surface area contributed by atoms with E-state index in [4.69, 9.17) is 0 Å². The molecule has 0 aliphatic carbocycles. The predicted octanol–water partition coefficient (Wildman–Crippen LogP) is 0.442. The van der Waals surface area contributed by atoms with E-state index >= 15 is 0 Å². The van der Waals surface area contributed by atoms with Crippen molar-refractivity contribution in [1.82, 2.24) is 15.5 Å². The van der Waals surface area contributed by atoms with Gasteiger partial charge in [-0.2, -0.15) is 0 Å². The Bertz CT molecular complexity index is 214. The van der Waals surface area contributed by atoms with Crippen LogP contribution in [0.5, 0.6) is 0 Å². The third-order valence-electron chi connectivity index (χ3n) is 3.34. The van der Waals surface area contributed by atoms with Gasteiger partial charge in [-0.25, -0.2) is 0 Å². The van der Waals surface area contributed by atoms with Crippen LogP contribution in [0.1, 0.15) is 26.7 Å². The summed E-state index contributed by atoms with van der Waals surface area (Å²) in [6.45, 7) is 7.88. The molecule has 1 rings (SSSR count). The molecular formula is C12H25N3O. The van der Waals surface area contributed by atoms with Gasteiger partial charge in [0, 0.05) is 13.1 Å². The summed E-state index contributed by atoms with van der Waals surface area (Å²) in [5, 5.41) is 6.27. The van der Waals surface area contributed by atoms with Crippen LogP contribution in [0.25, 0.3) is 0 Å². The molecule has 1 fully saturated rings. The van der Waals surface area contributed by atoms with E-state index in [1.165, 1.54) is 12.8 Å². The third kappa shape index (κ3) is 4.10. The number of nitrogens with one attached hydrogen (secondary N) is 2. The molecule has 4 nitrogen and oxygen atoms in total. The monoisotopic (exact) mass is 227 g/mol. The fourth-order valence-electron chi connectivity index (χ4n) is 2.17.